The maximum absolute atomic E-state index is 10.9. The summed E-state index contributed by atoms with van der Waals surface area (Å²) >= 11 is 0. The summed E-state index contributed by atoms with van der Waals surface area (Å²) in [4.78, 5) is 21.6. The monoisotopic (exact) mass is 284 g/mol. The fraction of sp³-hybridized carbons (Fsp3) is 0.0667. The van der Waals surface area contributed by atoms with Crippen LogP contribution in [0.2, 0.25) is 0 Å². The summed E-state index contributed by atoms with van der Waals surface area (Å²) in [6.07, 6.45) is 0. The summed E-state index contributed by atoms with van der Waals surface area (Å²) < 4.78 is 0. The Hall–Kier alpha value is -3.02. The Bertz CT molecular complexity index is 721. The predicted octanol–water partition coefficient (Wildman–Crippen LogP) is 3.81. The molecule has 0 spiro atoms. The normalized spacial score (nSPS) is 10.7. The predicted molar refractivity (Wildman–Crippen MR) is 75.7 cm³/mol. The van der Waals surface area contributed by atoms with Crippen LogP contribution in [0, 0.1) is 6.92 Å². The number of aryl methyl sites for hydroxylation is 1. The van der Waals surface area contributed by atoms with E-state index in [1.807, 2.05) is 0 Å². The lowest BCUT2D eigenvalue weighted by Crippen LogP contribution is -1.98. The van der Waals surface area contributed by atoms with Gasteiger partial charge < -0.3 is 10.2 Å². The molecule has 2 N–H and O–H groups in total. The minimum absolute atomic E-state index is 0.176. The van der Waals surface area contributed by atoms with Crippen molar-refractivity contribution in [3.8, 4) is 0 Å². The number of benzene rings is 2. The van der Waals surface area contributed by atoms with Crippen LogP contribution in [0.25, 0.3) is 0 Å². The molecule has 2 aromatic carbocycles. The largest absolute Gasteiger partial charge is 0.478 e. The van der Waals surface area contributed by atoms with Gasteiger partial charge in [-0.05, 0) is 55.0 Å². The molecular weight excluding hydrogens is 272 g/mol. The van der Waals surface area contributed by atoms with Crippen LogP contribution in [0.1, 0.15) is 26.3 Å². The third-order valence-electron chi connectivity index (χ3n) is 2.84. The maximum atomic E-state index is 10.9. The van der Waals surface area contributed by atoms with Gasteiger partial charge in [0.05, 0.1) is 22.5 Å². The summed E-state index contributed by atoms with van der Waals surface area (Å²) in [5.74, 6) is -1.99. The second kappa shape index (κ2) is 5.96. The summed E-state index contributed by atoms with van der Waals surface area (Å²) in [5.41, 5.74) is 2.04. The van der Waals surface area contributed by atoms with E-state index in [1.54, 1.807) is 31.2 Å². The zero-order chi connectivity index (χ0) is 15.4. The van der Waals surface area contributed by atoms with Crippen LogP contribution in [0.4, 0.5) is 11.4 Å². The van der Waals surface area contributed by atoms with Gasteiger partial charge in [-0.2, -0.15) is 10.2 Å². The smallest absolute Gasteiger partial charge is 0.335 e. The minimum atomic E-state index is -1.00. The lowest BCUT2D eigenvalue weighted by molar-refractivity contribution is 0.0685. The Labute approximate surface area is 120 Å². The number of hydrogen-bond donors (Lipinski definition) is 2. The molecule has 0 heterocycles. The molecule has 21 heavy (non-hydrogen) atoms. The van der Waals surface area contributed by atoms with E-state index in [4.69, 9.17) is 10.2 Å². The van der Waals surface area contributed by atoms with Crippen LogP contribution in [0.3, 0.4) is 0 Å². The van der Waals surface area contributed by atoms with E-state index in [0.717, 1.165) is 0 Å². The molecule has 0 bridgehead atoms. The number of azo groups is 1. The van der Waals surface area contributed by atoms with Gasteiger partial charge in [0.1, 0.15) is 0 Å². The van der Waals surface area contributed by atoms with Gasteiger partial charge in [-0.3, -0.25) is 0 Å². The minimum Gasteiger partial charge on any atom is -0.478 e. The number of hydrogen-bond acceptors (Lipinski definition) is 4. The fourth-order valence-corrected chi connectivity index (χ4v) is 1.74. The third-order valence-corrected chi connectivity index (χ3v) is 2.84. The van der Waals surface area contributed by atoms with Crippen molar-refractivity contribution in [2.45, 2.75) is 6.92 Å². The van der Waals surface area contributed by atoms with Gasteiger partial charge in [0.2, 0.25) is 0 Å². The molecule has 6 nitrogen and oxygen atoms in total. The standard InChI is InChI=1S/C15H12N2O4/c1-9-8-12(6-7-13(9)15(20)21)17-16-11-4-2-10(3-5-11)14(18)19/h2-8H,1H3,(H,18,19)(H,20,21)/b17-16+. The SMILES string of the molecule is Cc1cc(/N=N/c2ccc(C(=O)O)cc2)ccc1C(=O)O. The molecule has 6 heteroatoms. The van der Waals surface area contributed by atoms with Crippen LogP contribution < -0.4 is 0 Å². The number of carboxylic acids is 2. The molecule has 2 aromatic rings. The van der Waals surface area contributed by atoms with Gasteiger partial charge in [0.25, 0.3) is 0 Å². The molecular formula is C15H12N2O4. The molecule has 2 rings (SSSR count). The molecule has 0 aromatic heterocycles. The lowest BCUT2D eigenvalue weighted by atomic mass is 10.1. The molecule has 0 saturated carbocycles. The highest BCUT2D eigenvalue weighted by molar-refractivity contribution is 5.89. The zero-order valence-corrected chi connectivity index (χ0v) is 11.1. The highest BCUT2D eigenvalue weighted by atomic mass is 16.4. The van der Waals surface area contributed by atoms with E-state index >= 15 is 0 Å². The first-order valence-electron chi connectivity index (χ1n) is 6.06. The quantitative estimate of drug-likeness (QED) is 0.834. The van der Waals surface area contributed by atoms with Crippen molar-refractivity contribution in [3.63, 3.8) is 0 Å². The third kappa shape index (κ3) is 3.50. The van der Waals surface area contributed by atoms with Crippen molar-refractivity contribution in [2.24, 2.45) is 10.2 Å². The highest BCUT2D eigenvalue weighted by Crippen LogP contribution is 2.21. The Kier molecular flexibility index (Phi) is 4.08. The molecule has 0 radical (unpaired) electrons. The first kappa shape index (κ1) is 14.4. The van der Waals surface area contributed by atoms with Crippen LogP contribution in [0.5, 0.6) is 0 Å². The van der Waals surface area contributed by atoms with Crippen LogP contribution >= 0.6 is 0 Å². The van der Waals surface area contributed by atoms with Crippen molar-refractivity contribution in [1.29, 1.82) is 0 Å². The van der Waals surface area contributed by atoms with Crippen molar-refractivity contribution in [1.82, 2.24) is 0 Å². The molecule has 0 aliphatic carbocycles. The van der Waals surface area contributed by atoms with Gasteiger partial charge in [-0.25, -0.2) is 9.59 Å². The first-order chi connectivity index (χ1) is 9.97. The first-order valence-corrected chi connectivity index (χ1v) is 6.06. The molecule has 0 fully saturated rings. The van der Waals surface area contributed by atoms with Crippen molar-refractivity contribution in [2.75, 3.05) is 0 Å². The van der Waals surface area contributed by atoms with E-state index in [2.05, 4.69) is 10.2 Å². The number of carboxylic acid groups (broad SMARTS) is 2. The van der Waals surface area contributed by atoms with Crippen LogP contribution in [-0.2, 0) is 0 Å². The maximum Gasteiger partial charge on any atom is 0.335 e. The summed E-state index contributed by atoms with van der Waals surface area (Å²) in [6.45, 7) is 1.68. The molecule has 106 valence electrons. The number of rotatable bonds is 4. The number of nitrogens with zero attached hydrogens (tertiary/aromatic N) is 2. The van der Waals surface area contributed by atoms with Gasteiger partial charge in [-0.15, -0.1) is 0 Å². The summed E-state index contributed by atoms with van der Waals surface area (Å²) in [5, 5.41) is 25.7. The molecule has 0 aliphatic rings. The molecule has 0 atom stereocenters. The van der Waals surface area contributed by atoms with Gasteiger partial charge in [0, 0.05) is 0 Å². The van der Waals surface area contributed by atoms with Crippen LogP contribution in [0.15, 0.2) is 52.7 Å². The highest BCUT2D eigenvalue weighted by Gasteiger charge is 2.06. The van der Waals surface area contributed by atoms with Crippen LogP contribution in [-0.4, -0.2) is 22.2 Å². The average molecular weight is 284 g/mol. The fourth-order valence-electron chi connectivity index (χ4n) is 1.74. The van der Waals surface area contributed by atoms with E-state index in [-0.39, 0.29) is 11.1 Å². The van der Waals surface area contributed by atoms with Crippen molar-refractivity contribution >= 4 is 23.3 Å². The average Bonchev–Trinajstić information content (AvgIpc) is 2.45. The Morgan fingerprint density at radius 3 is 1.95 bits per heavy atom. The number of aromatic carboxylic acids is 2. The number of carbonyl (C=O) groups is 2. The van der Waals surface area contributed by atoms with Gasteiger partial charge >= 0.3 is 11.9 Å². The Balaban J connectivity index is 2.19. The molecule has 0 aliphatic heterocycles. The van der Waals surface area contributed by atoms with Crippen molar-refractivity contribution < 1.29 is 19.8 Å². The lowest BCUT2D eigenvalue weighted by Gasteiger charge is -2.01. The van der Waals surface area contributed by atoms with E-state index in [1.165, 1.54) is 18.2 Å². The Morgan fingerprint density at radius 2 is 1.43 bits per heavy atom. The molecule has 0 amide bonds. The summed E-state index contributed by atoms with van der Waals surface area (Å²) in [6, 6.07) is 10.6. The second-order valence-corrected chi connectivity index (χ2v) is 4.36. The molecule has 0 saturated heterocycles. The molecule has 0 unspecified atom stereocenters. The second-order valence-electron chi connectivity index (χ2n) is 4.36. The van der Waals surface area contributed by atoms with E-state index in [9.17, 15) is 9.59 Å². The Morgan fingerprint density at radius 1 is 0.857 bits per heavy atom. The van der Waals surface area contributed by atoms with Gasteiger partial charge in [-0.1, -0.05) is 0 Å². The zero-order valence-electron chi connectivity index (χ0n) is 11.1. The topological polar surface area (TPSA) is 99.3 Å². The van der Waals surface area contributed by atoms with E-state index in [0.29, 0.717) is 16.9 Å². The van der Waals surface area contributed by atoms with Gasteiger partial charge in [0.15, 0.2) is 0 Å². The van der Waals surface area contributed by atoms with E-state index < -0.39 is 11.9 Å². The van der Waals surface area contributed by atoms with Crippen molar-refractivity contribution in [3.05, 3.63) is 59.2 Å². The summed E-state index contributed by atoms with van der Waals surface area (Å²) in [7, 11) is 0.